The van der Waals surface area contributed by atoms with Crippen molar-refractivity contribution in [3.8, 4) is 0 Å². The Morgan fingerprint density at radius 3 is 2.78 bits per heavy atom. The fourth-order valence-electron chi connectivity index (χ4n) is 3.07. The minimum atomic E-state index is -0.649. The summed E-state index contributed by atoms with van der Waals surface area (Å²) in [6.07, 6.45) is 3.87. The third-order valence-electron chi connectivity index (χ3n) is 5.22. The van der Waals surface area contributed by atoms with Gasteiger partial charge in [0.05, 0.1) is 6.61 Å². The minimum Gasteiger partial charge on any atom is -0.485 e. The van der Waals surface area contributed by atoms with Gasteiger partial charge >= 0.3 is 0 Å². The van der Waals surface area contributed by atoms with E-state index in [9.17, 15) is 9.59 Å². The number of carbonyl (C=O) groups excluding carboxylic acids is 2. The minimum absolute atomic E-state index is 0.282. The van der Waals surface area contributed by atoms with E-state index in [1.54, 1.807) is 4.90 Å². The van der Waals surface area contributed by atoms with Crippen molar-refractivity contribution in [1.82, 2.24) is 4.90 Å². The van der Waals surface area contributed by atoms with Crippen LogP contribution in [-0.4, -0.2) is 40.8 Å². The van der Waals surface area contributed by atoms with Crippen LogP contribution in [0.1, 0.15) is 52.0 Å². The Labute approximate surface area is 172 Å². The number of thiocarbonyl (C=S) groups is 1. The lowest BCUT2D eigenvalue weighted by molar-refractivity contribution is -0.149. The third kappa shape index (κ3) is 5.76. The largest absolute Gasteiger partial charge is 0.485 e. The monoisotopic (exact) mass is 409 g/mol. The van der Waals surface area contributed by atoms with Crippen LogP contribution < -0.4 is 0 Å². The predicted molar refractivity (Wildman–Crippen MR) is 112 cm³/mol. The average molecular weight is 410 g/mol. The molecule has 2 rings (SSSR count). The molecule has 1 aliphatic rings. The second kappa shape index (κ2) is 9.65. The number of hydrogen-bond donors (Lipinski definition) is 0. The molecular weight excluding hydrogens is 382 g/mol. The lowest BCUT2D eigenvalue weighted by Crippen LogP contribution is -2.47. The zero-order valence-corrected chi connectivity index (χ0v) is 17.9. The predicted octanol–water partition coefficient (Wildman–Crippen LogP) is 4.61. The Bertz CT molecular complexity index is 704. The first-order valence-electron chi connectivity index (χ1n) is 9.52. The highest BCUT2D eigenvalue weighted by Gasteiger charge is 2.40. The van der Waals surface area contributed by atoms with E-state index in [0.717, 1.165) is 36.3 Å². The molecule has 0 aliphatic carbocycles. The fourth-order valence-corrected chi connectivity index (χ4v) is 3.61. The third-order valence-corrected chi connectivity index (χ3v) is 5.85. The molecule has 1 fully saturated rings. The van der Waals surface area contributed by atoms with Gasteiger partial charge < -0.3 is 9.64 Å². The number of aryl methyl sites for hydroxylation is 1. The number of rotatable bonds is 8. The van der Waals surface area contributed by atoms with Crippen LogP contribution in [0.3, 0.4) is 0 Å². The van der Waals surface area contributed by atoms with Crippen molar-refractivity contribution in [2.24, 2.45) is 5.41 Å². The molecule has 1 aromatic rings. The van der Waals surface area contributed by atoms with Gasteiger partial charge in [0.2, 0.25) is 5.78 Å². The number of benzene rings is 1. The lowest BCUT2D eigenvalue weighted by atomic mass is 9.84. The number of ketones is 1. The van der Waals surface area contributed by atoms with Gasteiger partial charge in [0.15, 0.2) is 5.05 Å². The van der Waals surface area contributed by atoms with Crippen molar-refractivity contribution in [3.05, 3.63) is 34.9 Å². The molecule has 148 valence electrons. The van der Waals surface area contributed by atoms with Gasteiger partial charge in [-0.2, -0.15) is 0 Å². The van der Waals surface area contributed by atoms with Gasteiger partial charge in [-0.1, -0.05) is 44.5 Å². The summed E-state index contributed by atoms with van der Waals surface area (Å²) in [5.74, 6) is -0.783. The summed E-state index contributed by atoms with van der Waals surface area (Å²) in [5, 5.41) is 1.14. The highest BCUT2D eigenvalue weighted by molar-refractivity contribution is 7.80. The van der Waals surface area contributed by atoms with Crippen molar-refractivity contribution in [1.29, 1.82) is 0 Å². The second-order valence-electron chi connectivity index (χ2n) is 7.62. The number of carbonyl (C=O) groups is 2. The van der Waals surface area contributed by atoms with Crippen molar-refractivity contribution < 1.29 is 14.3 Å². The van der Waals surface area contributed by atoms with Gasteiger partial charge in [-0.3, -0.25) is 9.59 Å². The molecule has 0 N–H and O–H groups in total. The molecule has 0 bridgehead atoms. The Balaban J connectivity index is 1.86. The maximum absolute atomic E-state index is 12.7. The number of Topliss-reactive ketones (excluding diaryl/α,β-unsaturated/α-hetero) is 1. The molecule has 1 aromatic carbocycles. The molecular formula is C21H28ClNO3S. The molecule has 27 heavy (non-hydrogen) atoms. The van der Waals surface area contributed by atoms with Crippen LogP contribution in [0.4, 0.5) is 0 Å². The summed E-state index contributed by atoms with van der Waals surface area (Å²) in [4.78, 5) is 26.8. The number of amides is 1. The van der Waals surface area contributed by atoms with Gasteiger partial charge in [0, 0.05) is 17.0 Å². The topological polar surface area (TPSA) is 46.6 Å². The van der Waals surface area contributed by atoms with E-state index in [2.05, 4.69) is 0 Å². The first kappa shape index (κ1) is 21.8. The summed E-state index contributed by atoms with van der Waals surface area (Å²) in [5.41, 5.74) is 0.506. The van der Waals surface area contributed by atoms with Crippen LogP contribution in [0.25, 0.3) is 0 Å². The van der Waals surface area contributed by atoms with Crippen LogP contribution in [0, 0.1) is 5.41 Å². The van der Waals surface area contributed by atoms with E-state index in [1.807, 2.05) is 45.0 Å². The van der Waals surface area contributed by atoms with E-state index < -0.39 is 11.3 Å². The van der Waals surface area contributed by atoms with E-state index in [4.69, 9.17) is 28.6 Å². The van der Waals surface area contributed by atoms with E-state index in [1.165, 1.54) is 0 Å². The molecule has 1 heterocycles. The summed E-state index contributed by atoms with van der Waals surface area (Å²) in [7, 11) is 0. The van der Waals surface area contributed by atoms with Crippen LogP contribution in [0.2, 0.25) is 5.02 Å². The number of likely N-dealkylation sites (tertiary alicyclic amines) is 1. The lowest BCUT2D eigenvalue weighted by Gasteiger charge is -2.28. The van der Waals surface area contributed by atoms with E-state index >= 15 is 0 Å². The van der Waals surface area contributed by atoms with Crippen LogP contribution in [0.15, 0.2) is 24.3 Å². The quantitative estimate of drug-likeness (QED) is 0.357. The molecule has 1 atom stereocenters. The maximum Gasteiger partial charge on any atom is 0.291 e. The molecule has 1 aliphatic heterocycles. The molecule has 0 saturated carbocycles. The number of hydrogen-bond acceptors (Lipinski definition) is 4. The fraction of sp³-hybridized carbons (Fsp3) is 0.571. The SMILES string of the molecule is CCC(C)(C)C(=O)C(=O)N1CCC[C@H]1C(=S)OCCCc1cccc(Cl)c1. The van der Waals surface area contributed by atoms with Gasteiger partial charge in [-0.25, -0.2) is 0 Å². The molecule has 4 nitrogen and oxygen atoms in total. The second-order valence-corrected chi connectivity index (χ2v) is 8.46. The van der Waals surface area contributed by atoms with Gasteiger partial charge in [0.1, 0.15) is 6.04 Å². The highest BCUT2D eigenvalue weighted by atomic mass is 35.5. The molecule has 0 aromatic heterocycles. The Morgan fingerprint density at radius 1 is 1.37 bits per heavy atom. The van der Waals surface area contributed by atoms with Gasteiger partial charge in [-0.05, 0) is 62.0 Å². The average Bonchev–Trinajstić information content (AvgIpc) is 3.13. The normalized spacial score (nSPS) is 17.0. The first-order valence-corrected chi connectivity index (χ1v) is 10.3. The zero-order valence-electron chi connectivity index (χ0n) is 16.3. The summed E-state index contributed by atoms with van der Waals surface area (Å²) in [6.45, 7) is 6.57. The first-order chi connectivity index (χ1) is 12.8. The molecule has 1 saturated heterocycles. The van der Waals surface area contributed by atoms with E-state index in [0.29, 0.717) is 24.6 Å². The summed E-state index contributed by atoms with van der Waals surface area (Å²) >= 11 is 11.4. The summed E-state index contributed by atoms with van der Waals surface area (Å²) in [6, 6.07) is 7.47. The zero-order chi connectivity index (χ0) is 20.0. The molecule has 1 amide bonds. The van der Waals surface area contributed by atoms with Crippen LogP contribution in [0.5, 0.6) is 0 Å². The van der Waals surface area contributed by atoms with Gasteiger partial charge in [0.25, 0.3) is 5.91 Å². The molecule has 0 radical (unpaired) electrons. The smallest absolute Gasteiger partial charge is 0.291 e. The molecule has 0 spiro atoms. The van der Waals surface area contributed by atoms with E-state index in [-0.39, 0.29) is 11.8 Å². The van der Waals surface area contributed by atoms with Crippen LogP contribution in [-0.2, 0) is 20.7 Å². The Kier molecular flexibility index (Phi) is 7.80. The standard InChI is InChI=1S/C21H28ClNO3S/c1-4-21(2,3)18(24)19(25)23-12-6-11-17(23)20(27)26-13-7-9-15-8-5-10-16(22)14-15/h5,8,10,14,17H,4,6-7,9,11-13H2,1-3H3/t17-/m0/s1. The molecule has 0 unspecified atom stereocenters. The number of halogens is 1. The molecule has 6 heteroatoms. The number of ether oxygens (including phenoxy) is 1. The highest BCUT2D eigenvalue weighted by Crippen LogP contribution is 2.26. The Hall–Kier alpha value is -1.46. The van der Waals surface area contributed by atoms with Gasteiger partial charge in [-0.15, -0.1) is 0 Å². The van der Waals surface area contributed by atoms with Crippen LogP contribution >= 0.6 is 23.8 Å². The van der Waals surface area contributed by atoms with Crippen molar-refractivity contribution in [2.75, 3.05) is 13.2 Å². The summed E-state index contributed by atoms with van der Waals surface area (Å²) < 4.78 is 5.74. The maximum atomic E-state index is 12.7. The van der Waals surface area contributed by atoms with Crippen molar-refractivity contribution in [3.63, 3.8) is 0 Å². The number of nitrogens with zero attached hydrogens (tertiary/aromatic N) is 1. The van der Waals surface area contributed by atoms with Crippen molar-refractivity contribution in [2.45, 2.75) is 58.9 Å². The van der Waals surface area contributed by atoms with Crippen molar-refractivity contribution >= 4 is 40.6 Å². The Morgan fingerprint density at radius 2 is 2.11 bits per heavy atom.